The molecule has 1 aliphatic rings. The first-order valence-electron chi connectivity index (χ1n) is 6.25. The van der Waals surface area contributed by atoms with Crippen LogP contribution in [0.2, 0.25) is 0 Å². The van der Waals surface area contributed by atoms with Crippen molar-refractivity contribution in [2.45, 2.75) is 65.8 Å². The maximum Gasteiger partial charge on any atom is 0.339 e. The molecule has 1 fully saturated rings. The molecule has 0 spiro atoms. The number of hydrogen-bond donors (Lipinski definition) is 0. The van der Waals surface area contributed by atoms with Crippen molar-refractivity contribution in [1.82, 2.24) is 0 Å². The van der Waals surface area contributed by atoms with Gasteiger partial charge in [0, 0.05) is 6.42 Å². The van der Waals surface area contributed by atoms with Gasteiger partial charge in [-0.15, -0.1) is 0 Å². The minimum absolute atomic E-state index is 0.0726. The van der Waals surface area contributed by atoms with Gasteiger partial charge in [-0.3, -0.25) is 0 Å². The molecule has 0 amide bonds. The largest absolute Gasteiger partial charge is 0.458 e. The van der Waals surface area contributed by atoms with Crippen molar-refractivity contribution >= 4 is 5.97 Å². The minimum Gasteiger partial charge on any atom is -0.458 e. The fourth-order valence-electron chi connectivity index (χ4n) is 1.59. The Balaban J connectivity index is 2.57. The van der Waals surface area contributed by atoms with Gasteiger partial charge in [0.05, 0.1) is 0 Å². The average Bonchev–Trinajstić information content (AvgIpc) is 2.60. The highest BCUT2D eigenvalue weighted by molar-refractivity contribution is 5.75. The fourth-order valence-corrected chi connectivity index (χ4v) is 1.59. The van der Waals surface area contributed by atoms with Crippen LogP contribution in [0.3, 0.4) is 0 Å². The molecule has 1 aliphatic heterocycles. The molecule has 0 saturated carbocycles. The first kappa shape index (κ1) is 15.2. The molecule has 0 radical (unpaired) electrons. The minimum atomic E-state index is -0.659. The van der Waals surface area contributed by atoms with E-state index in [4.69, 9.17) is 14.5 Å². The summed E-state index contributed by atoms with van der Waals surface area (Å²) < 4.78 is 5.26. The van der Waals surface area contributed by atoms with E-state index in [9.17, 15) is 4.79 Å². The van der Waals surface area contributed by atoms with E-state index in [2.05, 4.69) is 27.4 Å². The number of hydrogen-bond acceptors (Lipinski definition) is 4. The normalized spacial score (nSPS) is 25.0. The van der Waals surface area contributed by atoms with E-state index < -0.39 is 11.7 Å². The maximum absolute atomic E-state index is 11.8. The summed E-state index contributed by atoms with van der Waals surface area (Å²) in [6.45, 7) is 15.7. The highest BCUT2D eigenvalue weighted by Crippen LogP contribution is 2.34. The lowest BCUT2D eigenvalue weighted by Gasteiger charge is -2.24. The molecule has 0 aromatic rings. The number of rotatable bonds is 2. The summed E-state index contributed by atoms with van der Waals surface area (Å²) >= 11 is 0. The standard InChI is InChI=1S/C14H24O4/c1-9(13(2,3)4)10-8-11(18-17-10)12(15)16-14(5,6)7/h10-11H,1,8H2,2-7H3/t10-,11+/m0/s1. The van der Waals surface area contributed by atoms with Gasteiger partial charge in [0.2, 0.25) is 0 Å². The zero-order valence-corrected chi connectivity index (χ0v) is 12.2. The lowest BCUT2D eigenvalue weighted by atomic mass is 9.83. The molecule has 4 nitrogen and oxygen atoms in total. The van der Waals surface area contributed by atoms with E-state index in [1.807, 2.05) is 20.8 Å². The van der Waals surface area contributed by atoms with E-state index in [0.29, 0.717) is 6.42 Å². The first-order chi connectivity index (χ1) is 8.00. The molecule has 0 bridgehead atoms. The maximum atomic E-state index is 11.8. The zero-order valence-electron chi connectivity index (χ0n) is 12.2. The smallest absolute Gasteiger partial charge is 0.339 e. The zero-order chi connectivity index (χ0) is 14.1. The molecule has 0 aliphatic carbocycles. The predicted molar refractivity (Wildman–Crippen MR) is 68.8 cm³/mol. The Bertz CT molecular complexity index is 333. The van der Waals surface area contributed by atoms with Gasteiger partial charge in [0.25, 0.3) is 0 Å². The van der Waals surface area contributed by atoms with Crippen LogP contribution in [-0.2, 0) is 19.3 Å². The Morgan fingerprint density at radius 3 is 2.06 bits per heavy atom. The third-order valence-electron chi connectivity index (χ3n) is 2.74. The topological polar surface area (TPSA) is 44.8 Å². The Labute approximate surface area is 109 Å². The van der Waals surface area contributed by atoms with Crippen LogP contribution in [-0.4, -0.2) is 23.8 Å². The van der Waals surface area contributed by atoms with Crippen molar-refractivity contribution in [3.05, 3.63) is 12.2 Å². The number of carbonyl (C=O) groups is 1. The number of esters is 1. The van der Waals surface area contributed by atoms with Crippen LogP contribution >= 0.6 is 0 Å². The van der Waals surface area contributed by atoms with E-state index >= 15 is 0 Å². The Morgan fingerprint density at radius 2 is 1.61 bits per heavy atom. The first-order valence-corrected chi connectivity index (χ1v) is 6.25. The van der Waals surface area contributed by atoms with Gasteiger partial charge >= 0.3 is 5.97 Å². The highest BCUT2D eigenvalue weighted by Gasteiger charge is 2.39. The van der Waals surface area contributed by atoms with Crippen LogP contribution in [0.1, 0.15) is 48.0 Å². The molecule has 2 atom stereocenters. The summed E-state index contributed by atoms with van der Waals surface area (Å²) in [5, 5.41) is 0. The summed E-state index contributed by atoms with van der Waals surface area (Å²) in [4.78, 5) is 22.1. The van der Waals surface area contributed by atoms with Gasteiger partial charge in [0.15, 0.2) is 6.10 Å². The molecule has 0 aromatic carbocycles. The quantitative estimate of drug-likeness (QED) is 0.433. The van der Waals surface area contributed by atoms with Gasteiger partial charge in [-0.2, -0.15) is 0 Å². The fraction of sp³-hybridized carbons (Fsp3) is 0.786. The van der Waals surface area contributed by atoms with Gasteiger partial charge in [0.1, 0.15) is 11.7 Å². The molecule has 0 N–H and O–H groups in total. The molecule has 104 valence electrons. The van der Waals surface area contributed by atoms with E-state index in [1.165, 1.54) is 0 Å². The van der Waals surface area contributed by atoms with Gasteiger partial charge in [-0.25, -0.2) is 14.6 Å². The van der Waals surface area contributed by atoms with Gasteiger partial charge < -0.3 is 4.74 Å². The van der Waals surface area contributed by atoms with Crippen LogP contribution < -0.4 is 0 Å². The summed E-state index contributed by atoms with van der Waals surface area (Å²) in [6.07, 6.45) is -0.443. The second-order valence-electron chi connectivity index (χ2n) is 6.71. The molecule has 18 heavy (non-hydrogen) atoms. The van der Waals surface area contributed by atoms with Crippen molar-refractivity contribution in [3.8, 4) is 0 Å². The molecule has 0 unspecified atom stereocenters. The summed E-state index contributed by atoms with van der Waals surface area (Å²) in [5.74, 6) is -0.383. The average molecular weight is 256 g/mol. The van der Waals surface area contributed by atoms with Crippen LogP contribution in [0.5, 0.6) is 0 Å². The van der Waals surface area contributed by atoms with E-state index in [0.717, 1.165) is 5.57 Å². The monoisotopic (exact) mass is 256 g/mol. The molecule has 0 aromatic heterocycles. The number of ether oxygens (including phenoxy) is 1. The highest BCUT2D eigenvalue weighted by atomic mass is 17.2. The van der Waals surface area contributed by atoms with Crippen molar-refractivity contribution in [1.29, 1.82) is 0 Å². The van der Waals surface area contributed by atoms with Crippen molar-refractivity contribution in [2.75, 3.05) is 0 Å². The molecule has 1 heterocycles. The van der Waals surface area contributed by atoms with Gasteiger partial charge in [-0.05, 0) is 31.8 Å². The van der Waals surface area contributed by atoms with Crippen LogP contribution in [0.15, 0.2) is 12.2 Å². The summed E-state index contributed by atoms with van der Waals surface area (Å²) in [7, 11) is 0. The predicted octanol–water partition coefficient (Wildman–Crippen LogP) is 3.02. The van der Waals surface area contributed by atoms with Crippen LogP contribution in [0, 0.1) is 5.41 Å². The van der Waals surface area contributed by atoms with Crippen molar-refractivity contribution in [2.24, 2.45) is 5.41 Å². The second-order valence-corrected chi connectivity index (χ2v) is 6.71. The van der Waals surface area contributed by atoms with Crippen molar-refractivity contribution in [3.63, 3.8) is 0 Å². The molecule has 1 saturated heterocycles. The van der Waals surface area contributed by atoms with Gasteiger partial charge in [-0.1, -0.05) is 27.4 Å². The molecular weight excluding hydrogens is 232 g/mol. The second kappa shape index (κ2) is 5.02. The lowest BCUT2D eigenvalue weighted by molar-refractivity contribution is -0.291. The third-order valence-corrected chi connectivity index (χ3v) is 2.74. The van der Waals surface area contributed by atoms with E-state index in [1.54, 1.807) is 0 Å². The summed E-state index contributed by atoms with van der Waals surface area (Å²) in [5.41, 5.74) is 0.338. The number of carbonyl (C=O) groups excluding carboxylic acids is 1. The Hall–Kier alpha value is -0.870. The molecular formula is C14H24O4. The van der Waals surface area contributed by atoms with Crippen molar-refractivity contribution < 1.29 is 19.3 Å². The van der Waals surface area contributed by atoms with E-state index in [-0.39, 0.29) is 17.5 Å². The summed E-state index contributed by atoms with van der Waals surface area (Å²) in [6, 6.07) is 0. The molecule has 1 rings (SSSR count). The van der Waals surface area contributed by atoms with Crippen LogP contribution in [0.4, 0.5) is 0 Å². The lowest BCUT2D eigenvalue weighted by Crippen LogP contribution is -2.31. The SMILES string of the molecule is C=C([C@@H]1C[C@H](C(=O)OC(C)(C)C)OO1)C(C)(C)C. The van der Waals surface area contributed by atoms with Crippen LogP contribution in [0.25, 0.3) is 0 Å². The Kier molecular flexibility index (Phi) is 4.23. The Morgan fingerprint density at radius 1 is 1.11 bits per heavy atom. The third kappa shape index (κ3) is 4.10. The molecule has 4 heteroatoms.